The van der Waals surface area contributed by atoms with Crippen molar-refractivity contribution in [3.05, 3.63) is 11.6 Å². The Morgan fingerprint density at radius 3 is 2.75 bits per heavy atom. The Balaban J connectivity index is 1.62. The highest BCUT2D eigenvalue weighted by Crippen LogP contribution is 2.31. The standard InChI is InChI=1S/C12H20N4/c1-2-5-9(4-1)12-14-11(15-16-12)8-10-6-3-7-13-10/h9-10,13H,1-8H2,(H,14,15,16). The molecule has 1 atom stereocenters. The third-order valence-electron chi connectivity index (χ3n) is 3.87. The van der Waals surface area contributed by atoms with Crippen LogP contribution < -0.4 is 5.32 Å². The number of H-pyrrole nitrogens is 1. The van der Waals surface area contributed by atoms with Gasteiger partial charge in [-0.15, -0.1) is 0 Å². The summed E-state index contributed by atoms with van der Waals surface area (Å²) >= 11 is 0. The average molecular weight is 220 g/mol. The predicted octanol–water partition coefficient (Wildman–Crippen LogP) is 1.76. The van der Waals surface area contributed by atoms with Crippen LogP contribution >= 0.6 is 0 Å². The zero-order valence-electron chi connectivity index (χ0n) is 9.71. The summed E-state index contributed by atoms with van der Waals surface area (Å²) in [6, 6.07) is 0.615. The van der Waals surface area contributed by atoms with Crippen LogP contribution in [0.25, 0.3) is 0 Å². The number of nitrogens with zero attached hydrogens (tertiary/aromatic N) is 2. The van der Waals surface area contributed by atoms with Crippen LogP contribution in [0.4, 0.5) is 0 Å². The van der Waals surface area contributed by atoms with Gasteiger partial charge in [0.2, 0.25) is 0 Å². The zero-order chi connectivity index (χ0) is 10.8. The summed E-state index contributed by atoms with van der Waals surface area (Å²) in [5, 5.41) is 11.0. The normalized spacial score (nSPS) is 26.6. The molecule has 0 aromatic carbocycles. The van der Waals surface area contributed by atoms with E-state index in [4.69, 9.17) is 0 Å². The summed E-state index contributed by atoms with van der Waals surface area (Å²) in [7, 11) is 0. The number of rotatable bonds is 3. The van der Waals surface area contributed by atoms with Crippen molar-refractivity contribution in [1.29, 1.82) is 0 Å². The highest BCUT2D eigenvalue weighted by atomic mass is 15.2. The summed E-state index contributed by atoms with van der Waals surface area (Å²) in [6.07, 6.45) is 8.84. The molecule has 16 heavy (non-hydrogen) atoms. The van der Waals surface area contributed by atoms with Gasteiger partial charge in [-0.25, -0.2) is 4.98 Å². The van der Waals surface area contributed by atoms with Crippen LogP contribution in [0.2, 0.25) is 0 Å². The van der Waals surface area contributed by atoms with E-state index in [1.54, 1.807) is 0 Å². The third-order valence-corrected chi connectivity index (χ3v) is 3.87. The van der Waals surface area contributed by atoms with Gasteiger partial charge in [0.25, 0.3) is 0 Å². The Labute approximate surface area is 96.2 Å². The van der Waals surface area contributed by atoms with Gasteiger partial charge in [0, 0.05) is 18.4 Å². The van der Waals surface area contributed by atoms with Gasteiger partial charge in [-0.05, 0) is 32.2 Å². The van der Waals surface area contributed by atoms with E-state index in [1.165, 1.54) is 38.5 Å². The van der Waals surface area contributed by atoms with Gasteiger partial charge >= 0.3 is 0 Å². The molecule has 0 bridgehead atoms. The van der Waals surface area contributed by atoms with Crippen LogP contribution in [-0.4, -0.2) is 27.8 Å². The molecule has 1 aromatic heterocycles. The van der Waals surface area contributed by atoms with Gasteiger partial charge < -0.3 is 5.32 Å². The van der Waals surface area contributed by atoms with Gasteiger partial charge in [0.15, 0.2) is 5.82 Å². The van der Waals surface area contributed by atoms with Crippen LogP contribution in [-0.2, 0) is 6.42 Å². The molecule has 88 valence electrons. The maximum Gasteiger partial charge on any atom is 0.153 e. The molecule has 0 amide bonds. The Hall–Kier alpha value is -0.900. The minimum Gasteiger partial charge on any atom is -0.314 e. The van der Waals surface area contributed by atoms with Crippen molar-refractivity contribution in [2.75, 3.05) is 6.54 Å². The first-order valence-corrected chi connectivity index (χ1v) is 6.56. The lowest BCUT2D eigenvalue weighted by Crippen LogP contribution is -2.24. The Morgan fingerprint density at radius 2 is 2.00 bits per heavy atom. The van der Waals surface area contributed by atoms with E-state index in [0.29, 0.717) is 12.0 Å². The van der Waals surface area contributed by atoms with Crippen molar-refractivity contribution < 1.29 is 0 Å². The SMILES string of the molecule is C1CNC(Cc2nc(C3CCCC3)n[nH]2)C1. The summed E-state index contributed by atoms with van der Waals surface area (Å²) in [5.74, 6) is 2.76. The van der Waals surface area contributed by atoms with Crippen molar-refractivity contribution in [2.45, 2.75) is 56.9 Å². The minimum absolute atomic E-state index is 0.615. The topological polar surface area (TPSA) is 53.6 Å². The molecule has 0 spiro atoms. The lowest BCUT2D eigenvalue weighted by molar-refractivity contribution is 0.585. The molecule has 1 unspecified atom stereocenters. The molecule has 3 rings (SSSR count). The Morgan fingerprint density at radius 1 is 1.12 bits per heavy atom. The summed E-state index contributed by atoms with van der Waals surface area (Å²) < 4.78 is 0. The number of aromatic nitrogens is 3. The highest BCUT2D eigenvalue weighted by molar-refractivity contribution is 5.01. The molecule has 1 saturated carbocycles. The van der Waals surface area contributed by atoms with Crippen molar-refractivity contribution >= 4 is 0 Å². The van der Waals surface area contributed by atoms with E-state index < -0.39 is 0 Å². The lowest BCUT2D eigenvalue weighted by Gasteiger charge is -2.06. The van der Waals surface area contributed by atoms with Crippen LogP contribution in [0.1, 0.15) is 56.1 Å². The maximum absolute atomic E-state index is 4.65. The maximum atomic E-state index is 4.65. The predicted molar refractivity (Wildman–Crippen MR) is 62.3 cm³/mol. The number of hydrogen-bond acceptors (Lipinski definition) is 3. The van der Waals surface area contributed by atoms with E-state index in [9.17, 15) is 0 Å². The minimum atomic E-state index is 0.615. The van der Waals surface area contributed by atoms with Crippen LogP contribution in [0.5, 0.6) is 0 Å². The second-order valence-corrected chi connectivity index (χ2v) is 5.12. The van der Waals surface area contributed by atoms with Gasteiger partial charge in [0.1, 0.15) is 5.82 Å². The average Bonchev–Trinajstić information content (AvgIpc) is 2.99. The first-order chi connectivity index (χ1) is 7.92. The van der Waals surface area contributed by atoms with Gasteiger partial charge in [-0.2, -0.15) is 5.10 Å². The number of nitrogens with one attached hydrogen (secondary N) is 2. The molecule has 4 nitrogen and oxygen atoms in total. The highest BCUT2D eigenvalue weighted by Gasteiger charge is 2.22. The van der Waals surface area contributed by atoms with Crippen molar-refractivity contribution in [1.82, 2.24) is 20.5 Å². The quantitative estimate of drug-likeness (QED) is 0.816. The van der Waals surface area contributed by atoms with Crippen molar-refractivity contribution in [3.8, 4) is 0 Å². The molecule has 2 N–H and O–H groups in total. The summed E-state index contributed by atoms with van der Waals surface area (Å²) in [6.45, 7) is 1.16. The fourth-order valence-electron chi connectivity index (χ4n) is 2.93. The summed E-state index contributed by atoms with van der Waals surface area (Å²) in [4.78, 5) is 4.65. The second-order valence-electron chi connectivity index (χ2n) is 5.12. The largest absolute Gasteiger partial charge is 0.314 e. The summed E-state index contributed by atoms with van der Waals surface area (Å²) in [5.41, 5.74) is 0. The van der Waals surface area contributed by atoms with E-state index in [0.717, 1.165) is 24.6 Å². The van der Waals surface area contributed by atoms with E-state index in [1.807, 2.05) is 0 Å². The first-order valence-electron chi connectivity index (χ1n) is 6.56. The Bertz CT molecular complexity index is 335. The van der Waals surface area contributed by atoms with Crippen molar-refractivity contribution in [3.63, 3.8) is 0 Å². The Kier molecular flexibility index (Phi) is 2.91. The zero-order valence-corrected chi connectivity index (χ0v) is 9.71. The molecule has 0 radical (unpaired) electrons. The molecule has 1 saturated heterocycles. The molecule has 1 aliphatic heterocycles. The van der Waals surface area contributed by atoms with E-state index in [2.05, 4.69) is 20.5 Å². The van der Waals surface area contributed by atoms with Crippen molar-refractivity contribution in [2.24, 2.45) is 0 Å². The first kappa shape index (κ1) is 10.3. The molecule has 2 aliphatic rings. The molecule has 4 heteroatoms. The third kappa shape index (κ3) is 2.12. The smallest absolute Gasteiger partial charge is 0.153 e. The van der Waals surface area contributed by atoms with Gasteiger partial charge in [0.05, 0.1) is 0 Å². The monoisotopic (exact) mass is 220 g/mol. The van der Waals surface area contributed by atoms with Crippen LogP contribution in [0.3, 0.4) is 0 Å². The molecule has 1 aliphatic carbocycles. The van der Waals surface area contributed by atoms with Gasteiger partial charge in [-0.3, -0.25) is 5.10 Å². The molecule has 2 heterocycles. The van der Waals surface area contributed by atoms with Crippen LogP contribution in [0, 0.1) is 0 Å². The van der Waals surface area contributed by atoms with E-state index >= 15 is 0 Å². The molecule has 2 fully saturated rings. The van der Waals surface area contributed by atoms with Gasteiger partial charge in [-0.1, -0.05) is 12.8 Å². The van der Waals surface area contributed by atoms with Crippen LogP contribution in [0.15, 0.2) is 0 Å². The molecular formula is C12H20N4. The fourth-order valence-corrected chi connectivity index (χ4v) is 2.93. The van der Waals surface area contributed by atoms with E-state index in [-0.39, 0.29) is 0 Å². The molecule has 1 aromatic rings. The number of aromatic amines is 1. The fraction of sp³-hybridized carbons (Fsp3) is 0.833. The second kappa shape index (κ2) is 4.53. The number of hydrogen-bond donors (Lipinski definition) is 2. The lowest BCUT2D eigenvalue weighted by atomic mass is 10.1. The molecular weight excluding hydrogens is 200 g/mol.